The number of carbonyl (C=O) groups is 1. The number of fused-ring (bicyclic) bond motifs is 1. The number of nitrogens with one attached hydrogen (secondary N) is 3. The van der Waals surface area contributed by atoms with Crippen molar-refractivity contribution >= 4 is 23.2 Å². The number of hydrogen-bond donors (Lipinski definition) is 3. The van der Waals surface area contributed by atoms with E-state index < -0.39 is 0 Å². The third kappa shape index (κ3) is 4.14. The molecule has 0 aromatic heterocycles. The van der Waals surface area contributed by atoms with Crippen LogP contribution in [0.4, 0.5) is 0 Å². The number of rotatable bonds is 4. The highest BCUT2D eigenvalue weighted by Gasteiger charge is 2.16. The van der Waals surface area contributed by atoms with Crippen LogP contribution >= 0.6 is 12.2 Å². The number of hydrazine groups is 1. The van der Waals surface area contributed by atoms with Crippen molar-refractivity contribution in [3.05, 3.63) is 59.7 Å². The maximum atomic E-state index is 12.1. The summed E-state index contributed by atoms with van der Waals surface area (Å²) in [5.74, 6) is 0.893. The normalized spacial score (nSPS) is 11.7. The number of hydrogen-bond acceptors (Lipinski definition) is 4. The van der Waals surface area contributed by atoms with Gasteiger partial charge in [-0.2, -0.15) is 0 Å². The highest BCUT2D eigenvalue weighted by molar-refractivity contribution is 7.80. The first-order chi connectivity index (χ1) is 11.7. The topological polar surface area (TPSA) is 71.6 Å². The van der Waals surface area contributed by atoms with E-state index in [1.165, 1.54) is 5.56 Å². The van der Waals surface area contributed by atoms with Gasteiger partial charge < -0.3 is 14.8 Å². The molecule has 3 rings (SSSR count). The SMILES string of the molecule is O=C(NNC(=S)NCCc1ccccc1)c1ccc2c(c1)OCO2. The summed E-state index contributed by atoms with van der Waals surface area (Å²) in [6.07, 6.45) is 0.846. The van der Waals surface area contributed by atoms with Crippen molar-refractivity contribution < 1.29 is 14.3 Å². The molecule has 0 saturated heterocycles. The number of carbonyl (C=O) groups excluding carboxylic acids is 1. The lowest BCUT2D eigenvalue weighted by Gasteiger charge is -2.11. The Kier molecular flexibility index (Phi) is 5.12. The Labute approximate surface area is 145 Å². The van der Waals surface area contributed by atoms with Gasteiger partial charge in [-0.3, -0.25) is 15.6 Å². The average molecular weight is 343 g/mol. The number of amides is 1. The second-order valence-electron chi connectivity index (χ2n) is 5.14. The molecule has 1 heterocycles. The molecule has 2 aromatic rings. The van der Waals surface area contributed by atoms with Crippen LogP contribution in [-0.2, 0) is 6.42 Å². The van der Waals surface area contributed by atoms with E-state index in [0.29, 0.717) is 28.7 Å². The summed E-state index contributed by atoms with van der Waals surface area (Å²) in [4.78, 5) is 12.1. The summed E-state index contributed by atoms with van der Waals surface area (Å²) in [6, 6.07) is 15.1. The van der Waals surface area contributed by atoms with Gasteiger partial charge in [0.25, 0.3) is 5.91 Å². The summed E-state index contributed by atoms with van der Waals surface area (Å²) < 4.78 is 10.5. The van der Waals surface area contributed by atoms with E-state index in [4.69, 9.17) is 21.7 Å². The highest BCUT2D eigenvalue weighted by Crippen LogP contribution is 2.32. The second-order valence-corrected chi connectivity index (χ2v) is 5.55. The van der Waals surface area contributed by atoms with Crippen molar-refractivity contribution in [2.24, 2.45) is 0 Å². The van der Waals surface area contributed by atoms with E-state index in [0.717, 1.165) is 6.42 Å². The number of ether oxygens (including phenoxy) is 2. The van der Waals surface area contributed by atoms with E-state index in [-0.39, 0.29) is 12.7 Å². The lowest BCUT2D eigenvalue weighted by molar-refractivity contribution is 0.0943. The van der Waals surface area contributed by atoms with Crippen LogP contribution in [-0.4, -0.2) is 24.4 Å². The summed E-state index contributed by atoms with van der Waals surface area (Å²) in [6.45, 7) is 0.851. The Hall–Kier alpha value is -2.80. The zero-order valence-electron chi connectivity index (χ0n) is 12.9. The Morgan fingerprint density at radius 3 is 2.67 bits per heavy atom. The molecule has 1 aliphatic rings. The molecule has 1 amide bonds. The smallest absolute Gasteiger partial charge is 0.269 e. The lowest BCUT2D eigenvalue weighted by Crippen LogP contribution is -2.47. The van der Waals surface area contributed by atoms with Crippen LogP contribution in [0.25, 0.3) is 0 Å². The molecule has 24 heavy (non-hydrogen) atoms. The van der Waals surface area contributed by atoms with Gasteiger partial charge in [0.15, 0.2) is 16.6 Å². The molecule has 0 atom stereocenters. The summed E-state index contributed by atoms with van der Waals surface area (Å²) >= 11 is 5.14. The molecule has 0 fully saturated rings. The van der Waals surface area contributed by atoms with Crippen molar-refractivity contribution in [2.75, 3.05) is 13.3 Å². The summed E-state index contributed by atoms with van der Waals surface area (Å²) in [7, 11) is 0. The van der Waals surface area contributed by atoms with Crippen LogP contribution in [0, 0.1) is 0 Å². The molecule has 0 unspecified atom stereocenters. The van der Waals surface area contributed by atoms with Crippen molar-refractivity contribution in [3.63, 3.8) is 0 Å². The Balaban J connectivity index is 1.41. The first-order valence-corrected chi connectivity index (χ1v) is 7.91. The molecule has 0 radical (unpaired) electrons. The third-order valence-corrected chi connectivity index (χ3v) is 3.71. The van der Waals surface area contributed by atoms with Crippen LogP contribution in [0.3, 0.4) is 0 Å². The van der Waals surface area contributed by atoms with Gasteiger partial charge in [-0.05, 0) is 42.4 Å². The van der Waals surface area contributed by atoms with Crippen LogP contribution in [0.2, 0.25) is 0 Å². The Morgan fingerprint density at radius 1 is 1.04 bits per heavy atom. The molecule has 2 aromatic carbocycles. The fraction of sp³-hybridized carbons (Fsp3) is 0.176. The van der Waals surface area contributed by atoms with Crippen LogP contribution in [0.1, 0.15) is 15.9 Å². The summed E-state index contributed by atoms with van der Waals surface area (Å²) in [5.41, 5.74) is 6.91. The highest BCUT2D eigenvalue weighted by atomic mass is 32.1. The molecule has 6 nitrogen and oxygen atoms in total. The van der Waals surface area contributed by atoms with E-state index in [1.807, 2.05) is 18.2 Å². The van der Waals surface area contributed by atoms with E-state index in [1.54, 1.807) is 18.2 Å². The molecule has 1 aliphatic heterocycles. The minimum Gasteiger partial charge on any atom is -0.454 e. The Bertz CT molecular complexity index is 737. The monoisotopic (exact) mass is 343 g/mol. The molecule has 0 bridgehead atoms. The molecule has 124 valence electrons. The van der Waals surface area contributed by atoms with Crippen molar-refractivity contribution in [3.8, 4) is 11.5 Å². The van der Waals surface area contributed by atoms with E-state index >= 15 is 0 Å². The quantitative estimate of drug-likeness (QED) is 0.581. The van der Waals surface area contributed by atoms with E-state index in [9.17, 15) is 4.79 Å². The fourth-order valence-electron chi connectivity index (χ4n) is 2.23. The van der Waals surface area contributed by atoms with E-state index in [2.05, 4.69) is 28.3 Å². The zero-order valence-corrected chi connectivity index (χ0v) is 13.7. The van der Waals surface area contributed by atoms with Gasteiger partial charge in [-0.15, -0.1) is 0 Å². The molecule has 3 N–H and O–H groups in total. The number of benzene rings is 2. The maximum Gasteiger partial charge on any atom is 0.269 e. The third-order valence-electron chi connectivity index (χ3n) is 3.47. The van der Waals surface area contributed by atoms with Gasteiger partial charge in [-0.1, -0.05) is 30.3 Å². The first-order valence-electron chi connectivity index (χ1n) is 7.50. The van der Waals surface area contributed by atoms with Crippen molar-refractivity contribution in [2.45, 2.75) is 6.42 Å². The predicted molar refractivity (Wildman–Crippen MR) is 93.9 cm³/mol. The molecular formula is C17H17N3O3S. The number of thiocarbonyl (C=S) groups is 1. The van der Waals surface area contributed by atoms with Crippen molar-refractivity contribution in [1.29, 1.82) is 0 Å². The van der Waals surface area contributed by atoms with Crippen LogP contribution < -0.4 is 25.6 Å². The van der Waals surface area contributed by atoms with Gasteiger partial charge in [0, 0.05) is 12.1 Å². The van der Waals surface area contributed by atoms with Gasteiger partial charge in [0.2, 0.25) is 6.79 Å². The second kappa shape index (κ2) is 7.65. The standard InChI is InChI=1S/C17H17N3O3S/c21-16(13-6-7-14-15(10-13)23-11-22-14)19-20-17(24)18-9-8-12-4-2-1-3-5-12/h1-7,10H,8-9,11H2,(H,19,21)(H2,18,20,24). The van der Waals surface area contributed by atoms with Gasteiger partial charge in [0.05, 0.1) is 0 Å². The Morgan fingerprint density at radius 2 is 1.83 bits per heavy atom. The molecule has 0 saturated carbocycles. The minimum atomic E-state index is -0.305. The molecule has 0 aliphatic carbocycles. The lowest BCUT2D eigenvalue weighted by atomic mass is 10.1. The molecule has 0 spiro atoms. The van der Waals surface area contributed by atoms with Gasteiger partial charge >= 0.3 is 0 Å². The first kappa shape index (κ1) is 16.1. The fourth-order valence-corrected chi connectivity index (χ4v) is 2.39. The largest absolute Gasteiger partial charge is 0.454 e. The minimum absolute atomic E-state index is 0.175. The van der Waals surface area contributed by atoms with Crippen LogP contribution in [0.5, 0.6) is 11.5 Å². The summed E-state index contributed by atoms with van der Waals surface area (Å²) in [5, 5.41) is 3.40. The predicted octanol–water partition coefficient (Wildman–Crippen LogP) is 1.77. The average Bonchev–Trinajstić information content (AvgIpc) is 3.08. The van der Waals surface area contributed by atoms with Gasteiger partial charge in [-0.25, -0.2) is 0 Å². The zero-order chi connectivity index (χ0) is 16.8. The van der Waals surface area contributed by atoms with Gasteiger partial charge in [0.1, 0.15) is 0 Å². The maximum absolute atomic E-state index is 12.1. The van der Waals surface area contributed by atoms with Crippen LogP contribution in [0.15, 0.2) is 48.5 Å². The molecule has 7 heteroatoms. The van der Waals surface area contributed by atoms with Crippen molar-refractivity contribution in [1.82, 2.24) is 16.2 Å². The molecular weight excluding hydrogens is 326 g/mol.